The molecule has 1 aromatic heterocycles. The van der Waals surface area contributed by atoms with Crippen molar-refractivity contribution in [2.75, 3.05) is 41.3 Å². The number of nitrogens with one attached hydrogen (secondary N) is 3. The summed E-state index contributed by atoms with van der Waals surface area (Å²) >= 11 is 0. The molecule has 1 amide bonds. The Morgan fingerprint density at radius 2 is 1.76 bits per heavy atom. The van der Waals surface area contributed by atoms with Crippen molar-refractivity contribution in [3.05, 3.63) is 105 Å². The van der Waals surface area contributed by atoms with Crippen LogP contribution in [0, 0.1) is 11.3 Å². The number of nitriles is 1. The van der Waals surface area contributed by atoms with Gasteiger partial charge in [0.05, 0.1) is 11.5 Å². The van der Waals surface area contributed by atoms with Gasteiger partial charge in [0.25, 0.3) is 5.91 Å². The maximum absolute atomic E-state index is 13.0. The second-order valence-electron chi connectivity index (χ2n) is 12.7. The number of hydrogen-bond acceptors (Lipinski definition) is 7. The number of hydrogen-bond donors (Lipinski definition) is 3. The van der Waals surface area contributed by atoms with Gasteiger partial charge >= 0.3 is 5.69 Å². The lowest BCUT2D eigenvalue weighted by molar-refractivity contribution is 0.0827. The first-order chi connectivity index (χ1) is 21.5. The number of likely N-dealkylation sites (tertiary alicyclic amines) is 1. The Bertz CT molecular complexity index is 1640. The molecule has 10 nitrogen and oxygen atoms in total. The minimum absolute atomic E-state index is 0.0524. The molecule has 0 radical (unpaired) electrons. The highest BCUT2D eigenvalue weighted by atomic mass is 16.2. The summed E-state index contributed by atoms with van der Waals surface area (Å²) in [6, 6.07) is 14.6. The van der Waals surface area contributed by atoms with Crippen LogP contribution in [0.25, 0.3) is 5.70 Å². The van der Waals surface area contributed by atoms with Crippen LogP contribution in [0.2, 0.25) is 0 Å². The molecule has 2 unspecified atom stereocenters. The van der Waals surface area contributed by atoms with Gasteiger partial charge in [-0.1, -0.05) is 31.4 Å². The normalized spacial score (nSPS) is 19.6. The Morgan fingerprint density at radius 3 is 2.33 bits per heavy atom. The minimum Gasteiger partial charge on any atom is -0.378 e. The van der Waals surface area contributed by atoms with Crippen LogP contribution in [0.15, 0.2) is 60.0 Å². The third-order valence-electron chi connectivity index (χ3n) is 9.30. The average molecular weight is 609 g/mol. The van der Waals surface area contributed by atoms with E-state index in [-0.39, 0.29) is 23.7 Å². The third kappa shape index (κ3) is 6.05. The van der Waals surface area contributed by atoms with Crippen molar-refractivity contribution in [1.82, 2.24) is 35.2 Å². The molecular formula is C35H44N8O2. The fourth-order valence-corrected chi connectivity index (χ4v) is 6.93. The van der Waals surface area contributed by atoms with Crippen LogP contribution in [0.5, 0.6) is 0 Å². The molecule has 0 saturated carbocycles. The first-order valence-corrected chi connectivity index (χ1v) is 15.5. The van der Waals surface area contributed by atoms with Gasteiger partial charge in [-0.05, 0) is 85.0 Å². The van der Waals surface area contributed by atoms with Gasteiger partial charge in [-0.25, -0.2) is 9.89 Å². The molecule has 3 aromatic rings. The van der Waals surface area contributed by atoms with Gasteiger partial charge < -0.3 is 20.0 Å². The number of rotatable bonds is 10. The van der Waals surface area contributed by atoms with Crippen molar-refractivity contribution in [3.63, 3.8) is 0 Å². The SMILES string of the molecule is C=C(c1ccc2c(c1)CCc1cc(C(=O)N(C)C)ccc1C2(C[C@@H](C)NCC(=C)N1CCCC1C#N)c1n[nH]c(=O)[nH]1)N(C)C. The fraction of sp³-hybridized carbons (Fsp3) is 0.429. The number of nitrogens with zero attached hydrogens (tertiary/aromatic N) is 5. The topological polar surface area (TPSA) is 124 Å². The molecule has 3 atom stereocenters. The van der Waals surface area contributed by atoms with E-state index in [0.29, 0.717) is 30.8 Å². The van der Waals surface area contributed by atoms with Gasteiger partial charge in [0.15, 0.2) is 0 Å². The zero-order valence-corrected chi connectivity index (χ0v) is 27.0. The summed E-state index contributed by atoms with van der Waals surface area (Å²) in [5.74, 6) is 0.466. The molecule has 2 aliphatic rings. The summed E-state index contributed by atoms with van der Waals surface area (Å²) in [4.78, 5) is 34.4. The standard InChI is InChI=1S/C35H44N8O2/c1-22(37-21-23(2)43-16-8-9-29(43)20-36)19-35(33-38-34(45)40-39-33)30-14-12-25(24(3)41(4)5)17-26(30)10-11-27-18-28(13-15-31(27)35)32(44)42(6)7/h12-15,17-18,22,29,37H,2-3,8-11,16,19,21H2,1,4-7H3,(H2,38,39,40,45)/t22-,29?,35?/m1/s1. The van der Waals surface area contributed by atoms with Crippen molar-refractivity contribution < 1.29 is 4.79 Å². The molecule has 10 heteroatoms. The van der Waals surface area contributed by atoms with E-state index in [9.17, 15) is 14.9 Å². The highest BCUT2D eigenvalue weighted by molar-refractivity contribution is 5.94. The Hall–Kier alpha value is -4.62. The Balaban J connectivity index is 1.63. The number of H-pyrrole nitrogens is 2. The van der Waals surface area contributed by atoms with Gasteiger partial charge in [-0.3, -0.25) is 9.78 Å². The zero-order chi connectivity index (χ0) is 32.5. The number of fused-ring (bicyclic) bond motifs is 2. The minimum atomic E-state index is -0.839. The molecule has 3 N–H and O–H groups in total. The molecular weight excluding hydrogens is 564 g/mol. The van der Waals surface area contributed by atoms with Crippen LogP contribution in [0.3, 0.4) is 0 Å². The van der Waals surface area contributed by atoms with Crippen LogP contribution >= 0.6 is 0 Å². The molecule has 45 heavy (non-hydrogen) atoms. The van der Waals surface area contributed by atoms with Crippen molar-refractivity contribution in [2.45, 2.75) is 56.5 Å². The molecule has 5 rings (SSSR count). The van der Waals surface area contributed by atoms with Crippen molar-refractivity contribution in [3.8, 4) is 6.07 Å². The van der Waals surface area contributed by atoms with Crippen molar-refractivity contribution in [2.24, 2.45) is 0 Å². The number of aromatic nitrogens is 3. The summed E-state index contributed by atoms with van der Waals surface area (Å²) in [7, 11) is 7.47. The third-order valence-corrected chi connectivity index (χ3v) is 9.30. The Morgan fingerprint density at radius 1 is 1.11 bits per heavy atom. The number of carbonyl (C=O) groups excluding carboxylic acids is 1. The second-order valence-corrected chi connectivity index (χ2v) is 12.7. The van der Waals surface area contributed by atoms with Crippen molar-refractivity contribution >= 4 is 11.6 Å². The largest absolute Gasteiger partial charge is 0.378 e. The lowest BCUT2D eigenvalue weighted by Crippen LogP contribution is -2.42. The van der Waals surface area contributed by atoms with Gasteiger partial charge in [0.1, 0.15) is 11.9 Å². The van der Waals surface area contributed by atoms with E-state index in [1.165, 1.54) is 0 Å². The molecule has 0 bridgehead atoms. The van der Waals surface area contributed by atoms with Crippen LogP contribution in [0.4, 0.5) is 0 Å². The number of benzene rings is 2. The maximum Gasteiger partial charge on any atom is 0.340 e. The van der Waals surface area contributed by atoms with Gasteiger partial charge in [-0.15, -0.1) is 0 Å². The maximum atomic E-state index is 13.0. The summed E-state index contributed by atoms with van der Waals surface area (Å²) < 4.78 is 0. The van der Waals surface area contributed by atoms with E-state index in [2.05, 4.69) is 69.7 Å². The number of carbonyl (C=O) groups is 1. The second kappa shape index (κ2) is 12.8. The zero-order valence-electron chi connectivity index (χ0n) is 27.0. The van der Waals surface area contributed by atoms with E-state index >= 15 is 0 Å². The molecule has 0 spiro atoms. The van der Waals surface area contributed by atoms with E-state index in [1.807, 2.05) is 37.2 Å². The van der Waals surface area contributed by atoms with Crippen LogP contribution in [-0.4, -0.2) is 89.2 Å². The smallest absolute Gasteiger partial charge is 0.340 e. The summed E-state index contributed by atoms with van der Waals surface area (Å²) in [5.41, 5.74) is 6.49. The first-order valence-electron chi connectivity index (χ1n) is 15.5. The molecule has 1 fully saturated rings. The molecule has 1 aliphatic carbocycles. The van der Waals surface area contributed by atoms with E-state index in [1.54, 1.807) is 19.0 Å². The lowest BCUT2D eigenvalue weighted by Gasteiger charge is -2.37. The quantitative estimate of drug-likeness (QED) is 0.321. The summed E-state index contributed by atoms with van der Waals surface area (Å²) in [5, 5.41) is 20.4. The lowest BCUT2D eigenvalue weighted by atomic mass is 9.67. The summed E-state index contributed by atoms with van der Waals surface area (Å²) in [6.07, 6.45) is 3.87. The summed E-state index contributed by atoms with van der Waals surface area (Å²) in [6.45, 7) is 12.1. The molecule has 2 heterocycles. The highest BCUT2D eigenvalue weighted by Gasteiger charge is 2.45. The Kier molecular flexibility index (Phi) is 9.03. The molecule has 1 aliphatic heterocycles. The Labute approximate surface area is 265 Å². The molecule has 1 saturated heterocycles. The predicted octanol–water partition coefficient (Wildman–Crippen LogP) is 3.63. The number of aryl methyl sites for hydroxylation is 2. The van der Waals surface area contributed by atoms with Crippen LogP contribution in [-0.2, 0) is 18.3 Å². The van der Waals surface area contributed by atoms with Gasteiger partial charge in [-0.2, -0.15) is 10.4 Å². The first kappa shape index (κ1) is 31.8. The fourth-order valence-electron chi connectivity index (χ4n) is 6.93. The predicted molar refractivity (Wildman–Crippen MR) is 177 cm³/mol. The van der Waals surface area contributed by atoms with Gasteiger partial charge in [0, 0.05) is 64.3 Å². The number of aromatic amines is 2. The monoisotopic (exact) mass is 608 g/mol. The highest BCUT2D eigenvalue weighted by Crippen LogP contribution is 2.47. The average Bonchev–Trinajstić information content (AvgIpc) is 3.67. The van der Waals surface area contributed by atoms with Gasteiger partial charge in [0.2, 0.25) is 0 Å². The van der Waals surface area contributed by atoms with Crippen molar-refractivity contribution in [1.29, 1.82) is 5.26 Å². The van der Waals surface area contributed by atoms with Crippen LogP contribution in [0.1, 0.15) is 70.2 Å². The molecule has 2 aromatic carbocycles. The van der Waals surface area contributed by atoms with Crippen LogP contribution < -0.4 is 11.0 Å². The van der Waals surface area contributed by atoms with E-state index < -0.39 is 5.41 Å². The van der Waals surface area contributed by atoms with E-state index in [0.717, 1.165) is 65.0 Å². The number of amides is 1. The molecule has 236 valence electrons. The van der Waals surface area contributed by atoms with E-state index in [4.69, 9.17) is 0 Å².